The summed E-state index contributed by atoms with van der Waals surface area (Å²) in [5.74, 6) is -0.00990. The van der Waals surface area contributed by atoms with E-state index < -0.39 is 10.0 Å². The SMILES string of the molecule is CC(C)NC(=O)CCNc1ccc(S(=O)(=O)N(C)C)cc1. The minimum atomic E-state index is -3.40. The van der Waals surface area contributed by atoms with Gasteiger partial charge in [-0.1, -0.05) is 0 Å². The third kappa shape index (κ3) is 5.35. The van der Waals surface area contributed by atoms with Crippen LogP contribution in [0.2, 0.25) is 0 Å². The first-order valence-electron chi connectivity index (χ1n) is 6.79. The predicted octanol–water partition coefficient (Wildman–Crippen LogP) is 1.26. The van der Waals surface area contributed by atoms with E-state index in [1.54, 1.807) is 24.3 Å². The van der Waals surface area contributed by atoms with Gasteiger partial charge in [-0.15, -0.1) is 0 Å². The Balaban J connectivity index is 2.55. The van der Waals surface area contributed by atoms with Crippen LogP contribution in [0.1, 0.15) is 20.3 Å². The van der Waals surface area contributed by atoms with Crippen LogP contribution in [0, 0.1) is 0 Å². The number of hydrogen-bond acceptors (Lipinski definition) is 4. The van der Waals surface area contributed by atoms with Crippen molar-refractivity contribution in [2.24, 2.45) is 0 Å². The van der Waals surface area contributed by atoms with Gasteiger partial charge in [-0.3, -0.25) is 4.79 Å². The van der Waals surface area contributed by atoms with Gasteiger partial charge in [0.2, 0.25) is 15.9 Å². The highest BCUT2D eigenvalue weighted by atomic mass is 32.2. The Labute approximate surface area is 126 Å². The van der Waals surface area contributed by atoms with Crippen LogP contribution in [0.4, 0.5) is 5.69 Å². The first-order valence-corrected chi connectivity index (χ1v) is 8.23. The molecule has 21 heavy (non-hydrogen) atoms. The summed E-state index contributed by atoms with van der Waals surface area (Å²) in [7, 11) is -0.410. The largest absolute Gasteiger partial charge is 0.385 e. The molecule has 1 amide bonds. The Morgan fingerprint density at radius 1 is 1.19 bits per heavy atom. The molecular formula is C14H23N3O3S. The molecule has 0 heterocycles. The molecule has 0 saturated carbocycles. The molecule has 118 valence electrons. The number of sulfonamides is 1. The van der Waals surface area contributed by atoms with Crippen molar-refractivity contribution in [2.45, 2.75) is 31.2 Å². The number of nitrogens with one attached hydrogen (secondary N) is 2. The van der Waals surface area contributed by atoms with E-state index in [2.05, 4.69) is 10.6 Å². The smallest absolute Gasteiger partial charge is 0.242 e. The number of amides is 1. The average molecular weight is 313 g/mol. The van der Waals surface area contributed by atoms with E-state index in [9.17, 15) is 13.2 Å². The molecule has 1 aromatic rings. The van der Waals surface area contributed by atoms with Gasteiger partial charge in [0.15, 0.2) is 0 Å². The minimum absolute atomic E-state index is 0.00990. The molecule has 0 fully saturated rings. The third-order valence-electron chi connectivity index (χ3n) is 2.76. The summed E-state index contributed by atoms with van der Waals surface area (Å²) in [6.07, 6.45) is 0.371. The van der Waals surface area contributed by atoms with Crippen molar-refractivity contribution in [3.63, 3.8) is 0 Å². The highest BCUT2D eigenvalue weighted by molar-refractivity contribution is 7.89. The number of anilines is 1. The number of rotatable bonds is 7. The topological polar surface area (TPSA) is 78.5 Å². The summed E-state index contributed by atoms with van der Waals surface area (Å²) in [4.78, 5) is 11.7. The predicted molar refractivity (Wildman–Crippen MR) is 83.7 cm³/mol. The van der Waals surface area contributed by atoms with Gasteiger partial charge in [-0.2, -0.15) is 0 Å². The molecule has 0 saturated heterocycles. The Bertz CT molecular complexity index is 566. The molecule has 1 rings (SSSR count). The summed E-state index contributed by atoms with van der Waals surface area (Å²) in [6.45, 7) is 4.32. The van der Waals surface area contributed by atoms with Crippen LogP contribution < -0.4 is 10.6 Å². The maximum absolute atomic E-state index is 11.9. The fourth-order valence-electron chi connectivity index (χ4n) is 1.67. The zero-order chi connectivity index (χ0) is 16.0. The van der Waals surface area contributed by atoms with Crippen molar-refractivity contribution >= 4 is 21.6 Å². The third-order valence-corrected chi connectivity index (χ3v) is 4.59. The minimum Gasteiger partial charge on any atom is -0.385 e. The van der Waals surface area contributed by atoms with Crippen LogP contribution in [0.5, 0.6) is 0 Å². The Hall–Kier alpha value is -1.60. The van der Waals surface area contributed by atoms with E-state index in [1.165, 1.54) is 18.4 Å². The molecular weight excluding hydrogens is 290 g/mol. The molecule has 0 atom stereocenters. The molecule has 6 nitrogen and oxygen atoms in total. The lowest BCUT2D eigenvalue weighted by atomic mass is 10.3. The van der Waals surface area contributed by atoms with Crippen LogP contribution in [0.25, 0.3) is 0 Å². The molecule has 0 aliphatic rings. The molecule has 0 aliphatic heterocycles. The second kappa shape index (κ2) is 7.42. The highest BCUT2D eigenvalue weighted by Crippen LogP contribution is 2.16. The van der Waals surface area contributed by atoms with Crippen molar-refractivity contribution in [1.29, 1.82) is 0 Å². The van der Waals surface area contributed by atoms with E-state index in [4.69, 9.17) is 0 Å². The van der Waals surface area contributed by atoms with E-state index in [1.807, 2.05) is 13.8 Å². The van der Waals surface area contributed by atoms with E-state index >= 15 is 0 Å². The molecule has 0 aromatic heterocycles. The summed E-state index contributed by atoms with van der Waals surface area (Å²) in [5.41, 5.74) is 0.782. The van der Waals surface area contributed by atoms with E-state index in [-0.39, 0.29) is 16.8 Å². The monoisotopic (exact) mass is 313 g/mol. The van der Waals surface area contributed by atoms with Gasteiger partial charge in [0.05, 0.1) is 4.90 Å². The number of benzene rings is 1. The molecule has 0 aliphatic carbocycles. The maximum atomic E-state index is 11.9. The standard InChI is InChI=1S/C14H23N3O3S/c1-11(2)16-14(18)9-10-15-12-5-7-13(8-6-12)21(19,20)17(3)4/h5-8,11,15H,9-10H2,1-4H3,(H,16,18). The van der Waals surface area contributed by atoms with E-state index in [0.29, 0.717) is 13.0 Å². The quantitative estimate of drug-likeness (QED) is 0.794. The average Bonchev–Trinajstić information content (AvgIpc) is 2.38. The van der Waals surface area contributed by atoms with Crippen molar-refractivity contribution in [3.05, 3.63) is 24.3 Å². The second-order valence-electron chi connectivity index (χ2n) is 5.21. The van der Waals surface area contributed by atoms with Gasteiger partial charge in [0, 0.05) is 38.8 Å². The number of carbonyl (C=O) groups is 1. The molecule has 0 bridgehead atoms. The van der Waals surface area contributed by atoms with Crippen LogP contribution >= 0.6 is 0 Å². The van der Waals surface area contributed by atoms with Gasteiger partial charge in [-0.05, 0) is 38.1 Å². The number of hydrogen-bond donors (Lipinski definition) is 2. The molecule has 2 N–H and O–H groups in total. The lowest BCUT2D eigenvalue weighted by molar-refractivity contribution is -0.121. The second-order valence-corrected chi connectivity index (χ2v) is 7.36. The molecule has 1 aromatic carbocycles. The van der Waals surface area contributed by atoms with Gasteiger partial charge >= 0.3 is 0 Å². The van der Waals surface area contributed by atoms with Gasteiger partial charge in [0.1, 0.15) is 0 Å². The number of carbonyl (C=O) groups excluding carboxylic acids is 1. The fourth-order valence-corrected chi connectivity index (χ4v) is 2.57. The zero-order valence-corrected chi connectivity index (χ0v) is 13.7. The van der Waals surface area contributed by atoms with E-state index in [0.717, 1.165) is 5.69 Å². The Kier molecular flexibility index (Phi) is 6.17. The molecule has 0 radical (unpaired) electrons. The fraction of sp³-hybridized carbons (Fsp3) is 0.500. The van der Waals surface area contributed by atoms with Crippen molar-refractivity contribution < 1.29 is 13.2 Å². The van der Waals surface area contributed by atoms with Crippen LogP contribution in [0.3, 0.4) is 0 Å². The van der Waals surface area contributed by atoms with Crippen LogP contribution in [0.15, 0.2) is 29.2 Å². The Morgan fingerprint density at radius 3 is 2.24 bits per heavy atom. The van der Waals surface area contributed by atoms with Crippen molar-refractivity contribution in [1.82, 2.24) is 9.62 Å². The molecule has 7 heteroatoms. The zero-order valence-electron chi connectivity index (χ0n) is 12.9. The van der Waals surface area contributed by atoms with Gasteiger partial charge in [0.25, 0.3) is 0 Å². The summed E-state index contributed by atoms with van der Waals surface area (Å²) >= 11 is 0. The maximum Gasteiger partial charge on any atom is 0.242 e. The van der Waals surface area contributed by atoms with Gasteiger partial charge in [-0.25, -0.2) is 12.7 Å². The van der Waals surface area contributed by atoms with Crippen molar-refractivity contribution in [3.8, 4) is 0 Å². The lowest BCUT2D eigenvalue weighted by Crippen LogP contribution is -2.31. The lowest BCUT2D eigenvalue weighted by Gasteiger charge is -2.12. The van der Waals surface area contributed by atoms with Crippen LogP contribution in [-0.2, 0) is 14.8 Å². The van der Waals surface area contributed by atoms with Gasteiger partial charge < -0.3 is 10.6 Å². The van der Waals surface area contributed by atoms with Crippen molar-refractivity contribution in [2.75, 3.05) is 26.0 Å². The highest BCUT2D eigenvalue weighted by Gasteiger charge is 2.16. The molecule has 0 spiro atoms. The summed E-state index contributed by atoms with van der Waals surface area (Å²) < 4.78 is 25.0. The summed E-state index contributed by atoms with van der Waals surface area (Å²) in [5, 5.41) is 5.89. The first-order chi connectivity index (χ1) is 9.73. The number of nitrogens with zero attached hydrogens (tertiary/aromatic N) is 1. The van der Waals surface area contributed by atoms with Crippen LogP contribution in [-0.4, -0.2) is 45.3 Å². The molecule has 0 unspecified atom stereocenters. The normalized spacial score (nSPS) is 11.7. The summed E-state index contributed by atoms with van der Waals surface area (Å²) in [6, 6.07) is 6.61. The first kappa shape index (κ1) is 17.5. The Morgan fingerprint density at radius 2 is 1.76 bits per heavy atom.